The highest BCUT2D eigenvalue weighted by Crippen LogP contribution is 2.24. The van der Waals surface area contributed by atoms with Crippen LogP contribution in [0.25, 0.3) is 0 Å². The van der Waals surface area contributed by atoms with Crippen LogP contribution in [0.2, 0.25) is 0 Å². The number of amides is 2. The van der Waals surface area contributed by atoms with E-state index < -0.39 is 12.4 Å². The minimum Gasteiger partial charge on any atom is -0.406 e. The number of rotatable bonds is 5. The molecule has 1 saturated heterocycles. The quantitative estimate of drug-likeness (QED) is 0.809. The average molecular weight is 395 g/mol. The molecular formula is C18H20F3N5O2. The normalized spacial score (nSPS) is 14.1. The van der Waals surface area contributed by atoms with Gasteiger partial charge in [0.1, 0.15) is 5.75 Å². The molecule has 10 heteroatoms. The Kier molecular flexibility index (Phi) is 5.86. The van der Waals surface area contributed by atoms with E-state index in [2.05, 4.69) is 30.2 Å². The van der Waals surface area contributed by atoms with Gasteiger partial charge in [-0.2, -0.15) is 0 Å². The van der Waals surface area contributed by atoms with Crippen molar-refractivity contribution < 1.29 is 22.7 Å². The molecule has 0 bridgehead atoms. The lowest BCUT2D eigenvalue weighted by Gasteiger charge is -2.16. The van der Waals surface area contributed by atoms with Crippen LogP contribution in [0.4, 0.5) is 29.6 Å². The van der Waals surface area contributed by atoms with Crippen LogP contribution in [0.3, 0.4) is 0 Å². The number of carbonyl (C=O) groups excluding carboxylic acids is 1. The summed E-state index contributed by atoms with van der Waals surface area (Å²) in [6.45, 7) is 3.91. The first-order chi connectivity index (χ1) is 13.3. The Bertz CT molecular complexity index is 821. The first kappa shape index (κ1) is 19.7. The highest BCUT2D eigenvalue weighted by molar-refractivity contribution is 5.89. The summed E-state index contributed by atoms with van der Waals surface area (Å²) in [6, 6.07) is 6.19. The van der Waals surface area contributed by atoms with Crippen LogP contribution in [-0.2, 0) is 6.54 Å². The Morgan fingerprint density at radius 2 is 1.86 bits per heavy atom. The Morgan fingerprint density at radius 3 is 2.50 bits per heavy atom. The van der Waals surface area contributed by atoms with Gasteiger partial charge in [-0.05, 0) is 50.1 Å². The first-order valence-electron chi connectivity index (χ1n) is 8.79. The lowest BCUT2D eigenvalue weighted by atomic mass is 10.3. The fourth-order valence-corrected chi connectivity index (χ4v) is 2.85. The average Bonchev–Trinajstić information content (AvgIpc) is 3.15. The number of aryl methyl sites for hydroxylation is 1. The van der Waals surface area contributed by atoms with Gasteiger partial charge in [-0.1, -0.05) is 0 Å². The van der Waals surface area contributed by atoms with Gasteiger partial charge in [-0.3, -0.25) is 0 Å². The SMILES string of the molecule is Cc1cc(CNC(=O)Nc2ccc(OC(F)(F)F)cc2)nc(N2CCCC2)n1. The highest BCUT2D eigenvalue weighted by atomic mass is 19.4. The number of benzene rings is 1. The zero-order chi connectivity index (χ0) is 20.1. The van der Waals surface area contributed by atoms with Crippen molar-refractivity contribution in [3.05, 3.63) is 41.7 Å². The highest BCUT2D eigenvalue weighted by Gasteiger charge is 2.30. The van der Waals surface area contributed by atoms with E-state index in [9.17, 15) is 18.0 Å². The van der Waals surface area contributed by atoms with Gasteiger partial charge in [0.2, 0.25) is 5.95 Å². The number of nitrogens with zero attached hydrogens (tertiary/aromatic N) is 3. The Hall–Kier alpha value is -3.04. The number of aromatic nitrogens is 2. The van der Waals surface area contributed by atoms with E-state index in [1.165, 1.54) is 12.1 Å². The van der Waals surface area contributed by atoms with E-state index in [4.69, 9.17) is 0 Å². The fraction of sp³-hybridized carbons (Fsp3) is 0.389. The Balaban J connectivity index is 1.54. The van der Waals surface area contributed by atoms with E-state index in [1.54, 1.807) is 6.07 Å². The summed E-state index contributed by atoms with van der Waals surface area (Å²) in [4.78, 5) is 23.1. The molecule has 2 amide bonds. The predicted molar refractivity (Wildman–Crippen MR) is 97.2 cm³/mol. The number of ether oxygens (including phenoxy) is 1. The van der Waals surface area contributed by atoms with Crippen LogP contribution in [0.1, 0.15) is 24.2 Å². The number of hydrogen-bond acceptors (Lipinski definition) is 5. The monoisotopic (exact) mass is 395 g/mol. The van der Waals surface area contributed by atoms with Crippen molar-refractivity contribution in [2.45, 2.75) is 32.7 Å². The molecule has 0 atom stereocenters. The van der Waals surface area contributed by atoms with Gasteiger partial charge in [0.25, 0.3) is 0 Å². The zero-order valence-electron chi connectivity index (χ0n) is 15.2. The lowest BCUT2D eigenvalue weighted by Crippen LogP contribution is -2.29. The van der Waals surface area contributed by atoms with Crippen molar-refractivity contribution in [2.24, 2.45) is 0 Å². The molecule has 150 valence electrons. The van der Waals surface area contributed by atoms with Gasteiger partial charge in [-0.25, -0.2) is 14.8 Å². The molecule has 1 aromatic carbocycles. The van der Waals surface area contributed by atoms with E-state index >= 15 is 0 Å². The number of carbonyl (C=O) groups is 1. The van der Waals surface area contributed by atoms with Gasteiger partial charge < -0.3 is 20.3 Å². The molecular weight excluding hydrogens is 375 g/mol. The minimum absolute atomic E-state index is 0.200. The van der Waals surface area contributed by atoms with Crippen LogP contribution < -0.4 is 20.3 Å². The Labute approximate surface area is 159 Å². The number of urea groups is 1. The molecule has 0 saturated carbocycles. The maximum Gasteiger partial charge on any atom is 0.573 e. The minimum atomic E-state index is -4.75. The second-order valence-electron chi connectivity index (χ2n) is 6.37. The van der Waals surface area contributed by atoms with Crippen molar-refractivity contribution in [2.75, 3.05) is 23.3 Å². The molecule has 2 heterocycles. The van der Waals surface area contributed by atoms with Gasteiger partial charge in [0.15, 0.2) is 0 Å². The van der Waals surface area contributed by atoms with E-state index in [-0.39, 0.29) is 12.3 Å². The first-order valence-corrected chi connectivity index (χ1v) is 8.79. The maximum absolute atomic E-state index is 12.2. The molecule has 1 fully saturated rings. The van der Waals surface area contributed by atoms with E-state index in [0.29, 0.717) is 17.3 Å². The van der Waals surface area contributed by atoms with Gasteiger partial charge in [0, 0.05) is 24.5 Å². The number of halogens is 3. The van der Waals surface area contributed by atoms with Crippen LogP contribution in [-0.4, -0.2) is 35.5 Å². The lowest BCUT2D eigenvalue weighted by molar-refractivity contribution is -0.274. The molecule has 0 aliphatic carbocycles. The second kappa shape index (κ2) is 8.32. The third-order valence-corrected chi connectivity index (χ3v) is 4.06. The fourth-order valence-electron chi connectivity index (χ4n) is 2.85. The number of alkyl halides is 3. The van der Waals surface area contributed by atoms with Gasteiger partial charge in [0.05, 0.1) is 12.2 Å². The summed E-state index contributed by atoms with van der Waals surface area (Å²) in [5.41, 5.74) is 1.83. The van der Waals surface area contributed by atoms with Crippen molar-refractivity contribution in [1.82, 2.24) is 15.3 Å². The molecule has 0 radical (unpaired) electrons. The molecule has 0 unspecified atom stereocenters. The smallest absolute Gasteiger partial charge is 0.406 e. The topological polar surface area (TPSA) is 79.4 Å². The van der Waals surface area contributed by atoms with Crippen LogP contribution >= 0.6 is 0 Å². The summed E-state index contributed by atoms with van der Waals surface area (Å²) in [7, 11) is 0. The molecule has 2 N–H and O–H groups in total. The second-order valence-corrected chi connectivity index (χ2v) is 6.37. The third-order valence-electron chi connectivity index (χ3n) is 4.06. The standard InChI is InChI=1S/C18H20F3N5O2/c1-12-10-14(24-16(23-12)26-8-2-3-9-26)11-22-17(27)25-13-4-6-15(7-5-13)28-18(19,20)21/h4-7,10H,2-3,8-9,11H2,1H3,(H2,22,25,27). The molecule has 0 spiro atoms. The van der Waals surface area contributed by atoms with Crippen LogP contribution in [0.15, 0.2) is 30.3 Å². The molecule has 3 rings (SSSR count). The Morgan fingerprint density at radius 1 is 1.18 bits per heavy atom. The maximum atomic E-state index is 12.2. The van der Waals surface area contributed by atoms with Gasteiger partial charge in [-0.15, -0.1) is 13.2 Å². The number of hydrogen-bond donors (Lipinski definition) is 2. The summed E-state index contributed by atoms with van der Waals surface area (Å²) < 4.78 is 40.2. The van der Waals surface area contributed by atoms with Crippen molar-refractivity contribution >= 4 is 17.7 Å². The van der Waals surface area contributed by atoms with Crippen molar-refractivity contribution in [1.29, 1.82) is 0 Å². The van der Waals surface area contributed by atoms with Crippen molar-refractivity contribution in [3.63, 3.8) is 0 Å². The summed E-state index contributed by atoms with van der Waals surface area (Å²) in [5, 5.41) is 5.22. The van der Waals surface area contributed by atoms with E-state index in [1.807, 2.05) is 6.92 Å². The largest absolute Gasteiger partial charge is 0.573 e. The zero-order valence-corrected chi connectivity index (χ0v) is 15.2. The van der Waals surface area contributed by atoms with Crippen LogP contribution in [0.5, 0.6) is 5.75 Å². The molecule has 28 heavy (non-hydrogen) atoms. The predicted octanol–water partition coefficient (Wildman–Crippen LogP) is 3.61. The molecule has 7 nitrogen and oxygen atoms in total. The summed E-state index contributed by atoms with van der Waals surface area (Å²) in [6.07, 6.45) is -2.53. The van der Waals surface area contributed by atoms with Gasteiger partial charge >= 0.3 is 12.4 Å². The molecule has 1 aliphatic rings. The molecule has 1 aliphatic heterocycles. The molecule has 2 aromatic rings. The van der Waals surface area contributed by atoms with Crippen LogP contribution in [0, 0.1) is 6.92 Å². The van der Waals surface area contributed by atoms with E-state index in [0.717, 1.165) is 43.8 Å². The number of nitrogens with one attached hydrogen (secondary N) is 2. The summed E-state index contributed by atoms with van der Waals surface area (Å²) >= 11 is 0. The van der Waals surface area contributed by atoms with Crippen molar-refractivity contribution in [3.8, 4) is 5.75 Å². The third kappa shape index (κ3) is 5.73. The summed E-state index contributed by atoms with van der Waals surface area (Å²) in [5.74, 6) is 0.305. The molecule has 1 aromatic heterocycles. The number of anilines is 2.